The minimum atomic E-state index is -0.670. The van der Waals surface area contributed by atoms with E-state index in [-0.39, 0.29) is 5.56 Å². The molecule has 0 atom stereocenters. The summed E-state index contributed by atoms with van der Waals surface area (Å²) in [5.41, 5.74) is 4.59. The molecule has 0 saturated heterocycles. The van der Waals surface area contributed by atoms with Crippen LogP contribution in [0.1, 0.15) is 20.0 Å². The number of carbonyl (C=O) groups excluding carboxylic acids is 2. The number of rotatable bonds is 2. The molecule has 3 rings (SSSR count). The summed E-state index contributed by atoms with van der Waals surface area (Å²) in [6, 6.07) is 12.0. The monoisotopic (exact) mass is 313 g/mol. The maximum atomic E-state index is 12.0. The molecule has 0 fully saturated rings. The van der Waals surface area contributed by atoms with E-state index in [1.807, 2.05) is 0 Å². The zero-order valence-corrected chi connectivity index (χ0v) is 12.1. The average molecular weight is 313 g/mol. The number of aromatic amines is 1. The molecule has 2 heterocycles. The highest BCUT2D eigenvalue weighted by molar-refractivity contribution is 7.12. The van der Waals surface area contributed by atoms with Gasteiger partial charge in [0.1, 0.15) is 5.56 Å². The van der Waals surface area contributed by atoms with Crippen LogP contribution in [0.15, 0.2) is 52.6 Å². The average Bonchev–Trinajstić information content (AvgIpc) is 3.06. The first-order valence-corrected chi connectivity index (χ1v) is 7.29. The van der Waals surface area contributed by atoms with E-state index < -0.39 is 17.4 Å². The number of nitrogens with one attached hydrogen (secondary N) is 3. The van der Waals surface area contributed by atoms with Crippen molar-refractivity contribution in [3.05, 3.63) is 68.6 Å². The highest BCUT2D eigenvalue weighted by Crippen LogP contribution is 2.10. The fourth-order valence-corrected chi connectivity index (χ4v) is 2.59. The van der Waals surface area contributed by atoms with Crippen LogP contribution in [0.3, 0.4) is 0 Å². The predicted octanol–water partition coefficient (Wildman–Crippen LogP) is 1.66. The second-order valence-corrected chi connectivity index (χ2v) is 5.43. The smallest absolute Gasteiger partial charge is 0.279 e. The number of aromatic nitrogens is 1. The summed E-state index contributed by atoms with van der Waals surface area (Å²) in [4.78, 5) is 38.8. The molecule has 110 valence electrons. The number of hydrogen-bond acceptors (Lipinski definition) is 4. The van der Waals surface area contributed by atoms with Gasteiger partial charge in [-0.05, 0) is 29.0 Å². The number of carbonyl (C=O) groups is 2. The Hall–Kier alpha value is -2.93. The van der Waals surface area contributed by atoms with Crippen molar-refractivity contribution in [2.24, 2.45) is 0 Å². The molecule has 0 aliphatic carbocycles. The number of para-hydroxylation sites is 1. The summed E-state index contributed by atoms with van der Waals surface area (Å²) in [6.45, 7) is 0. The van der Waals surface area contributed by atoms with Crippen molar-refractivity contribution in [2.75, 3.05) is 0 Å². The van der Waals surface area contributed by atoms with Gasteiger partial charge in [0.2, 0.25) is 0 Å². The van der Waals surface area contributed by atoms with Crippen molar-refractivity contribution in [2.45, 2.75) is 0 Å². The first-order chi connectivity index (χ1) is 10.6. The third-order valence-corrected chi connectivity index (χ3v) is 3.90. The van der Waals surface area contributed by atoms with Crippen molar-refractivity contribution >= 4 is 34.1 Å². The van der Waals surface area contributed by atoms with Crippen LogP contribution in [0, 0.1) is 0 Å². The van der Waals surface area contributed by atoms with Gasteiger partial charge in [0.05, 0.1) is 4.88 Å². The van der Waals surface area contributed by atoms with Gasteiger partial charge in [0, 0.05) is 5.52 Å². The van der Waals surface area contributed by atoms with Gasteiger partial charge in [-0.2, -0.15) is 0 Å². The van der Waals surface area contributed by atoms with Crippen LogP contribution >= 0.6 is 11.3 Å². The summed E-state index contributed by atoms with van der Waals surface area (Å²) < 4.78 is 0. The summed E-state index contributed by atoms with van der Waals surface area (Å²) >= 11 is 1.25. The van der Waals surface area contributed by atoms with Crippen molar-refractivity contribution in [1.29, 1.82) is 0 Å². The second kappa shape index (κ2) is 5.82. The molecule has 22 heavy (non-hydrogen) atoms. The Bertz CT molecular complexity index is 900. The van der Waals surface area contributed by atoms with Gasteiger partial charge in [0.15, 0.2) is 0 Å². The fraction of sp³-hybridized carbons (Fsp3) is 0. The third-order valence-electron chi connectivity index (χ3n) is 3.03. The van der Waals surface area contributed by atoms with E-state index in [4.69, 9.17) is 0 Å². The number of H-pyrrole nitrogens is 1. The van der Waals surface area contributed by atoms with E-state index >= 15 is 0 Å². The zero-order chi connectivity index (χ0) is 15.5. The van der Waals surface area contributed by atoms with Gasteiger partial charge < -0.3 is 4.98 Å². The van der Waals surface area contributed by atoms with Crippen molar-refractivity contribution in [3.63, 3.8) is 0 Å². The quantitative estimate of drug-likeness (QED) is 0.628. The van der Waals surface area contributed by atoms with Crippen LogP contribution < -0.4 is 16.4 Å². The Morgan fingerprint density at radius 2 is 1.77 bits per heavy atom. The molecule has 1 aromatic carbocycles. The molecule has 0 saturated carbocycles. The van der Waals surface area contributed by atoms with E-state index in [0.29, 0.717) is 10.4 Å². The van der Waals surface area contributed by atoms with Gasteiger partial charge in [-0.15, -0.1) is 11.3 Å². The van der Waals surface area contributed by atoms with Crippen LogP contribution in [0.4, 0.5) is 0 Å². The van der Waals surface area contributed by atoms with Crippen molar-refractivity contribution < 1.29 is 9.59 Å². The number of amides is 2. The molecule has 3 N–H and O–H groups in total. The number of hydrogen-bond donors (Lipinski definition) is 3. The molecular formula is C15H11N3O3S. The normalized spacial score (nSPS) is 10.4. The van der Waals surface area contributed by atoms with Gasteiger partial charge in [-0.1, -0.05) is 24.3 Å². The lowest BCUT2D eigenvalue weighted by Gasteiger charge is -2.06. The van der Waals surface area contributed by atoms with E-state index in [9.17, 15) is 14.4 Å². The molecule has 7 heteroatoms. The Balaban J connectivity index is 1.79. The predicted molar refractivity (Wildman–Crippen MR) is 83.8 cm³/mol. The van der Waals surface area contributed by atoms with E-state index in [1.54, 1.807) is 41.8 Å². The van der Waals surface area contributed by atoms with Gasteiger partial charge in [0.25, 0.3) is 17.4 Å². The highest BCUT2D eigenvalue weighted by Gasteiger charge is 2.13. The minimum Gasteiger partial charge on any atom is -0.321 e. The zero-order valence-electron chi connectivity index (χ0n) is 11.3. The lowest BCUT2D eigenvalue weighted by Crippen LogP contribution is -2.43. The highest BCUT2D eigenvalue weighted by atomic mass is 32.1. The Labute approximate surface area is 128 Å². The Morgan fingerprint density at radius 3 is 2.55 bits per heavy atom. The Morgan fingerprint density at radius 1 is 1.00 bits per heavy atom. The molecule has 6 nitrogen and oxygen atoms in total. The lowest BCUT2D eigenvalue weighted by atomic mass is 10.1. The number of thiophene rings is 1. The van der Waals surface area contributed by atoms with Crippen LogP contribution in [0.25, 0.3) is 10.9 Å². The van der Waals surface area contributed by atoms with Crippen molar-refractivity contribution in [3.8, 4) is 0 Å². The molecular weight excluding hydrogens is 302 g/mol. The molecule has 0 aliphatic rings. The second-order valence-electron chi connectivity index (χ2n) is 4.48. The van der Waals surface area contributed by atoms with E-state index in [1.165, 1.54) is 17.4 Å². The van der Waals surface area contributed by atoms with Crippen molar-refractivity contribution in [1.82, 2.24) is 15.8 Å². The maximum absolute atomic E-state index is 12.0. The first-order valence-electron chi connectivity index (χ1n) is 6.41. The number of fused-ring (bicyclic) bond motifs is 1. The SMILES string of the molecule is O=C(NNC(=O)c1cc2ccccc2[nH]c1=O)c1cccs1. The van der Waals surface area contributed by atoms with E-state index in [2.05, 4.69) is 15.8 Å². The molecule has 2 aromatic heterocycles. The number of hydrazine groups is 1. The fourth-order valence-electron chi connectivity index (χ4n) is 1.97. The summed E-state index contributed by atoms with van der Waals surface area (Å²) in [7, 11) is 0. The summed E-state index contributed by atoms with van der Waals surface area (Å²) in [5, 5.41) is 2.49. The summed E-state index contributed by atoms with van der Waals surface area (Å²) in [6.07, 6.45) is 0. The molecule has 0 radical (unpaired) electrons. The molecule has 0 bridgehead atoms. The number of pyridine rings is 1. The van der Waals surface area contributed by atoms with Gasteiger partial charge in [-0.25, -0.2) is 0 Å². The molecule has 0 spiro atoms. The molecule has 0 aliphatic heterocycles. The first kappa shape index (κ1) is 14.0. The third kappa shape index (κ3) is 2.75. The maximum Gasteiger partial charge on any atom is 0.279 e. The van der Waals surface area contributed by atoms with Crippen LogP contribution in [0.2, 0.25) is 0 Å². The molecule has 3 aromatic rings. The minimum absolute atomic E-state index is 0.0646. The van der Waals surface area contributed by atoms with Gasteiger partial charge >= 0.3 is 0 Å². The van der Waals surface area contributed by atoms with Gasteiger partial charge in [-0.3, -0.25) is 25.2 Å². The molecule has 0 unspecified atom stereocenters. The van der Waals surface area contributed by atoms with Crippen LogP contribution in [-0.2, 0) is 0 Å². The number of benzene rings is 1. The van der Waals surface area contributed by atoms with E-state index in [0.717, 1.165) is 5.39 Å². The topological polar surface area (TPSA) is 91.1 Å². The standard InChI is InChI=1S/C15H11N3O3S/c19-13-10(8-9-4-1-2-5-11(9)16-13)14(20)17-18-15(21)12-6-3-7-22-12/h1-8H,(H,16,19)(H,17,20)(H,18,21). The molecule has 2 amide bonds. The Kier molecular flexibility index (Phi) is 3.71. The lowest BCUT2D eigenvalue weighted by molar-refractivity contribution is 0.0848. The van der Waals surface area contributed by atoms with Crippen LogP contribution in [-0.4, -0.2) is 16.8 Å². The largest absolute Gasteiger partial charge is 0.321 e. The summed E-state index contributed by atoms with van der Waals surface area (Å²) in [5.74, 6) is -1.10. The van der Waals surface area contributed by atoms with Crippen LogP contribution in [0.5, 0.6) is 0 Å².